The number of benzene rings is 1. The van der Waals surface area contributed by atoms with Crippen LogP contribution in [-0.2, 0) is 0 Å². The first-order valence-electron chi connectivity index (χ1n) is 5.70. The molecular weight excluding hydrogens is 184 g/mol. The van der Waals surface area contributed by atoms with E-state index in [4.69, 9.17) is 5.11 Å². The summed E-state index contributed by atoms with van der Waals surface area (Å²) in [5.41, 5.74) is 1.56. The first-order chi connectivity index (χ1) is 6.91. The fourth-order valence-corrected chi connectivity index (χ4v) is 1.26. The van der Waals surface area contributed by atoms with Crippen molar-refractivity contribution in [3.63, 3.8) is 0 Å². The number of hydrogen-bond acceptors (Lipinski definition) is 1. The summed E-state index contributed by atoms with van der Waals surface area (Å²) >= 11 is 0. The fourth-order valence-electron chi connectivity index (χ4n) is 1.26. The first-order valence-corrected chi connectivity index (χ1v) is 5.70. The van der Waals surface area contributed by atoms with Crippen molar-refractivity contribution in [3.05, 3.63) is 29.8 Å². The van der Waals surface area contributed by atoms with E-state index in [0.717, 1.165) is 0 Å². The SMILES string of the molecule is CC.CC(c1ccc(O)cc1)C(C)(C)C. The lowest BCUT2D eigenvalue weighted by Gasteiger charge is -2.27. The number of phenolic OH excluding ortho intramolecular Hbond substituents is 1. The van der Waals surface area contributed by atoms with Crippen LogP contribution in [0.15, 0.2) is 24.3 Å². The number of rotatable bonds is 1. The third-order valence-electron chi connectivity index (χ3n) is 2.69. The zero-order chi connectivity index (χ0) is 12.1. The molecule has 0 spiro atoms. The van der Waals surface area contributed by atoms with E-state index in [9.17, 15) is 0 Å². The highest BCUT2D eigenvalue weighted by Gasteiger charge is 2.21. The van der Waals surface area contributed by atoms with Gasteiger partial charge in [-0.15, -0.1) is 0 Å². The first kappa shape index (κ1) is 14.0. The molecule has 1 nitrogen and oxygen atoms in total. The fraction of sp³-hybridized carbons (Fsp3) is 0.571. The average Bonchev–Trinajstić information content (AvgIpc) is 2.20. The van der Waals surface area contributed by atoms with Gasteiger partial charge in [0.15, 0.2) is 0 Å². The summed E-state index contributed by atoms with van der Waals surface area (Å²) in [6.07, 6.45) is 0. The minimum Gasteiger partial charge on any atom is -0.508 e. The zero-order valence-electron chi connectivity index (χ0n) is 10.8. The molecule has 1 aromatic carbocycles. The second-order valence-electron chi connectivity index (χ2n) is 4.68. The van der Waals surface area contributed by atoms with Gasteiger partial charge in [-0.2, -0.15) is 0 Å². The highest BCUT2D eigenvalue weighted by Crippen LogP contribution is 2.34. The van der Waals surface area contributed by atoms with Gasteiger partial charge in [0, 0.05) is 0 Å². The summed E-state index contributed by atoms with van der Waals surface area (Å²) in [7, 11) is 0. The third kappa shape index (κ3) is 4.37. The van der Waals surface area contributed by atoms with Gasteiger partial charge in [-0.25, -0.2) is 0 Å². The summed E-state index contributed by atoms with van der Waals surface area (Å²) in [5, 5.41) is 9.14. The molecule has 15 heavy (non-hydrogen) atoms. The van der Waals surface area contributed by atoms with Gasteiger partial charge in [-0.3, -0.25) is 0 Å². The molecule has 0 amide bonds. The molecule has 0 saturated heterocycles. The normalized spacial score (nSPS) is 12.7. The average molecular weight is 208 g/mol. The topological polar surface area (TPSA) is 20.2 Å². The molecule has 0 aliphatic rings. The Balaban J connectivity index is 0.000000921. The minimum atomic E-state index is 0.275. The van der Waals surface area contributed by atoms with E-state index in [-0.39, 0.29) is 5.41 Å². The Bertz CT molecular complexity index is 266. The quantitative estimate of drug-likeness (QED) is 0.717. The third-order valence-corrected chi connectivity index (χ3v) is 2.69. The largest absolute Gasteiger partial charge is 0.508 e. The van der Waals surface area contributed by atoms with Crippen molar-refractivity contribution >= 4 is 0 Å². The lowest BCUT2D eigenvalue weighted by molar-refractivity contribution is 0.339. The van der Waals surface area contributed by atoms with Crippen LogP contribution in [0, 0.1) is 5.41 Å². The van der Waals surface area contributed by atoms with Crippen molar-refractivity contribution in [2.75, 3.05) is 0 Å². The maximum Gasteiger partial charge on any atom is 0.115 e. The Labute approximate surface area is 94.2 Å². The molecule has 1 aromatic rings. The molecule has 0 radical (unpaired) electrons. The van der Waals surface area contributed by atoms with E-state index >= 15 is 0 Å². The Kier molecular flexibility index (Phi) is 5.41. The van der Waals surface area contributed by atoms with Gasteiger partial charge in [-0.05, 0) is 29.0 Å². The van der Waals surface area contributed by atoms with Crippen LogP contribution in [0.3, 0.4) is 0 Å². The van der Waals surface area contributed by atoms with Crippen LogP contribution in [0.25, 0.3) is 0 Å². The molecule has 0 heterocycles. The van der Waals surface area contributed by atoms with Crippen molar-refractivity contribution in [1.82, 2.24) is 0 Å². The Morgan fingerprint density at radius 3 is 1.73 bits per heavy atom. The van der Waals surface area contributed by atoms with Crippen LogP contribution in [0.1, 0.15) is 53.0 Å². The monoisotopic (exact) mass is 208 g/mol. The van der Waals surface area contributed by atoms with Gasteiger partial charge in [0.05, 0.1) is 0 Å². The van der Waals surface area contributed by atoms with Gasteiger partial charge >= 0.3 is 0 Å². The molecule has 0 aliphatic carbocycles. The van der Waals surface area contributed by atoms with Gasteiger partial charge in [0.25, 0.3) is 0 Å². The molecular formula is C14H24O. The van der Waals surface area contributed by atoms with E-state index in [1.807, 2.05) is 26.0 Å². The van der Waals surface area contributed by atoms with Crippen molar-refractivity contribution in [1.29, 1.82) is 0 Å². The second-order valence-corrected chi connectivity index (χ2v) is 4.68. The summed E-state index contributed by atoms with van der Waals surface area (Å²) < 4.78 is 0. The van der Waals surface area contributed by atoms with Gasteiger partial charge in [0.2, 0.25) is 0 Å². The van der Waals surface area contributed by atoms with Crippen LogP contribution in [0.5, 0.6) is 5.75 Å². The van der Waals surface area contributed by atoms with Gasteiger partial charge < -0.3 is 5.11 Å². The van der Waals surface area contributed by atoms with Crippen LogP contribution in [0.4, 0.5) is 0 Å². The lowest BCUT2D eigenvalue weighted by atomic mass is 9.78. The molecule has 0 aliphatic heterocycles. The second kappa shape index (κ2) is 5.79. The molecule has 0 aromatic heterocycles. The van der Waals surface area contributed by atoms with Crippen LogP contribution in [0.2, 0.25) is 0 Å². The highest BCUT2D eigenvalue weighted by atomic mass is 16.3. The maximum atomic E-state index is 9.14. The van der Waals surface area contributed by atoms with E-state index in [0.29, 0.717) is 11.7 Å². The van der Waals surface area contributed by atoms with Crippen molar-refractivity contribution < 1.29 is 5.11 Å². The number of aromatic hydroxyl groups is 1. The van der Waals surface area contributed by atoms with Crippen molar-refractivity contribution in [2.45, 2.75) is 47.5 Å². The van der Waals surface area contributed by atoms with E-state index in [1.54, 1.807) is 12.1 Å². The molecule has 1 heteroatoms. The summed E-state index contributed by atoms with van der Waals surface area (Å²) in [4.78, 5) is 0. The predicted molar refractivity (Wildman–Crippen MR) is 67.3 cm³/mol. The molecule has 1 rings (SSSR count). The van der Waals surface area contributed by atoms with Crippen molar-refractivity contribution in [2.24, 2.45) is 5.41 Å². The zero-order valence-corrected chi connectivity index (χ0v) is 10.8. The Morgan fingerprint density at radius 2 is 1.40 bits per heavy atom. The van der Waals surface area contributed by atoms with Gasteiger partial charge in [0.1, 0.15) is 5.75 Å². The molecule has 1 unspecified atom stereocenters. The van der Waals surface area contributed by atoms with Crippen LogP contribution >= 0.6 is 0 Å². The smallest absolute Gasteiger partial charge is 0.115 e. The van der Waals surface area contributed by atoms with Crippen LogP contribution in [-0.4, -0.2) is 5.11 Å². The number of hydrogen-bond donors (Lipinski definition) is 1. The molecule has 0 fully saturated rings. The van der Waals surface area contributed by atoms with E-state index in [2.05, 4.69) is 27.7 Å². The molecule has 1 atom stereocenters. The highest BCUT2D eigenvalue weighted by molar-refractivity contribution is 5.28. The standard InChI is InChI=1S/C12H18O.C2H6/c1-9(12(2,3)4)10-5-7-11(13)8-6-10;1-2/h5-9,13H,1-4H3;1-2H3. The van der Waals surface area contributed by atoms with E-state index < -0.39 is 0 Å². The van der Waals surface area contributed by atoms with E-state index in [1.165, 1.54) is 5.56 Å². The number of phenols is 1. The predicted octanol–water partition coefficient (Wildman–Crippen LogP) is 4.57. The van der Waals surface area contributed by atoms with Crippen LogP contribution < -0.4 is 0 Å². The summed E-state index contributed by atoms with van der Waals surface area (Å²) in [6.45, 7) is 12.9. The summed E-state index contributed by atoms with van der Waals surface area (Å²) in [5.74, 6) is 0.845. The summed E-state index contributed by atoms with van der Waals surface area (Å²) in [6, 6.07) is 7.48. The maximum absolute atomic E-state index is 9.14. The molecule has 1 N–H and O–H groups in total. The van der Waals surface area contributed by atoms with Crippen molar-refractivity contribution in [3.8, 4) is 5.75 Å². The molecule has 0 bridgehead atoms. The molecule has 0 saturated carbocycles. The minimum absolute atomic E-state index is 0.275. The Hall–Kier alpha value is -0.980. The Morgan fingerprint density at radius 1 is 1.00 bits per heavy atom. The molecule has 86 valence electrons. The lowest BCUT2D eigenvalue weighted by Crippen LogP contribution is -2.14. The van der Waals surface area contributed by atoms with Gasteiger partial charge in [-0.1, -0.05) is 53.7 Å².